The Hall–Kier alpha value is -0.920. The van der Waals surface area contributed by atoms with Crippen molar-refractivity contribution in [3.63, 3.8) is 0 Å². The Kier molecular flexibility index (Phi) is 3.00. The summed E-state index contributed by atoms with van der Waals surface area (Å²) in [5, 5.41) is 6.87. The van der Waals surface area contributed by atoms with Crippen LogP contribution in [0.25, 0.3) is 5.69 Å². The van der Waals surface area contributed by atoms with Crippen molar-refractivity contribution in [2.24, 2.45) is 0 Å². The molecule has 0 saturated heterocycles. The van der Waals surface area contributed by atoms with Crippen LogP contribution in [0.15, 0.2) is 40.0 Å². The monoisotopic (exact) mass is 321 g/mol. The minimum absolute atomic E-state index is 0.267. The average molecular weight is 323 g/mol. The number of halogens is 2. The molecule has 0 radical (unpaired) electrons. The van der Waals surface area contributed by atoms with Gasteiger partial charge in [0.25, 0.3) is 9.05 Å². The van der Waals surface area contributed by atoms with Crippen LogP contribution in [0.1, 0.15) is 0 Å². The first-order valence-electron chi connectivity index (χ1n) is 4.10. The summed E-state index contributed by atoms with van der Waals surface area (Å²) in [5.74, 6) is 0. The van der Waals surface area contributed by atoms with E-state index in [0.29, 0.717) is 5.69 Å². The largest absolute Gasteiger partial charge is 0.282 e. The van der Waals surface area contributed by atoms with E-state index in [9.17, 15) is 8.42 Å². The molecule has 16 heavy (non-hydrogen) atoms. The zero-order valence-electron chi connectivity index (χ0n) is 7.71. The van der Waals surface area contributed by atoms with E-state index in [4.69, 9.17) is 10.7 Å². The second-order valence-corrected chi connectivity index (χ2v) is 6.34. The summed E-state index contributed by atoms with van der Waals surface area (Å²) in [6.45, 7) is 0. The lowest BCUT2D eigenvalue weighted by Gasteiger charge is -1.98. The van der Waals surface area contributed by atoms with Crippen LogP contribution in [-0.2, 0) is 9.05 Å². The third kappa shape index (κ3) is 2.42. The molecule has 0 amide bonds. The summed E-state index contributed by atoms with van der Waals surface area (Å²) >= 11 is 3.29. The first-order valence-corrected chi connectivity index (χ1v) is 7.20. The van der Waals surface area contributed by atoms with Crippen LogP contribution in [0.5, 0.6) is 0 Å². The van der Waals surface area contributed by atoms with Crippen molar-refractivity contribution < 1.29 is 8.42 Å². The SMILES string of the molecule is O=S(=O)(Cl)c1cn(-c2ccc(Br)cc2)nn1. The third-order valence-electron chi connectivity index (χ3n) is 1.81. The van der Waals surface area contributed by atoms with Gasteiger partial charge in [-0.15, -0.1) is 5.10 Å². The summed E-state index contributed by atoms with van der Waals surface area (Å²) in [7, 11) is 1.30. The molecule has 0 atom stereocenters. The smallest absolute Gasteiger partial charge is 0.219 e. The van der Waals surface area contributed by atoms with Crippen LogP contribution in [0.3, 0.4) is 0 Å². The lowest BCUT2D eigenvalue weighted by molar-refractivity contribution is 0.605. The van der Waals surface area contributed by atoms with Gasteiger partial charge in [-0.2, -0.15) is 0 Å². The second-order valence-electron chi connectivity index (χ2n) is 2.92. The molecule has 1 aromatic heterocycles. The Labute approximate surface area is 105 Å². The van der Waals surface area contributed by atoms with Gasteiger partial charge < -0.3 is 0 Å². The number of hydrogen-bond donors (Lipinski definition) is 0. The molecule has 0 aliphatic rings. The predicted octanol–water partition coefficient (Wildman–Crippen LogP) is 1.96. The second kappa shape index (κ2) is 4.15. The molecule has 5 nitrogen and oxygen atoms in total. The Morgan fingerprint density at radius 3 is 2.38 bits per heavy atom. The fourth-order valence-corrected chi connectivity index (χ4v) is 1.92. The van der Waals surface area contributed by atoms with Crippen LogP contribution in [0.2, 0.25) is 0 Å². The highest BCUT2D eigenvalue weighted by Gasteiger charge is 2.15. The molecule has 0 bridgehead atoms. The Bertz CT molecular complexity index is 608. The standard InChI is InChI=1S/C8H5BrClN3O2S/c9-6-1-3-7(4-2-6)13-5-8(11-12-13)16(10,14)15/h1-5H. The number of hydrogen-bond acceptors (Lipinski definition) is 4. The van der Waals surface area contributed by atoms with Crippen molar-refractivity contribution in [3.8, 4) is 5.69 Å². The third-order valence-corrected chi connectivity index (χ3v) is 3.50. The molecule has 2 rings (SSSR count). The highest BCUT2D eigenvalue weighted by atomic mass is 79.9. The lowest BCUT2D eigenvalue weighted by Crippen LogP contribution is -1.93. The molecule has 0 N–H and O–H groups in total. The molecule has 1 aromatic carbocycles. The zero-order chi connectivity index (χ0) is 11.8. The highest BCUT2D eigenvalue weighted by Crippen LogP contribution is 2.15. The number of benzene rings is 1. The van der Waals surface area contributed by atoms with Crippen LogP contribution in [0, 0.1) is 0 Å². The number of rotatable bonds is 2. The summed E-state index contributed by atoms with van der Waals surface area (Å²) < 4.78 is 24.2. The molecular formula is C8H5BrClN3O2S. The molecule has 0 spiro atoms. The Balaban J connectivity index is 2.43. The van der Waals surface area contributed by atoms with Gasteiger partial charge in [0, 0.05) is 15.2 Å². The van der Waals surface area contributed by atoms with Gasteiger partial charge in [-0.1, -0.05) is 21.1 Å². The quantitative estimate of drug-likeness (QED) is 0.793. The van der Waals surface area contributed by atoms with Gasteiger partial charge in [0.05, 0.1) is 11.9 Å². The van der Waals surface area contributed by atoms with Gasteiger partial charge in [-0.3, -0.25) is 0 Å². The number of aromatic nitrogens is 3. The van der Waals surface area contributed by atoms with Gasteiger partial charge in [0.15, 0.2) is 0 Å². The maximum absolute atomic E-state index is 11.0. The Morgan fingerprint density at radius 1 is 1.25 bits per heavy atom. The normalized spacial score (nSPS) is 11.6. The fourth-order valence-electron chi connectivity index (χ4n) is 1.08. The van der Waals surface area contributed by atoms with Crippen LogP contribution in [0.4, 0.5) is 0 Å². The Morgan fingerprint density at radius 2 is 1.88 bits per heavy atom. The van der Waals surface area contributed by atoms with E-state index < -0.39 is 9.05 Å². The topological polar surface area (TPSA) is 64.8 Å². The van der Waals surface area contributed by atoms with E-state index in [0.717, 1.165) is 4.47 Å². The van der Waals surface area contributed by atoms with E-state index in [2.05, 4.69) is 26.2 Å². The van der Waals surface area contributed by atoms with Crippen molar-refractivity contribution in [3.05, 3.63) is 34.9 Å². The number of nitrogens with zero attached hydrogens (tertiary/aromatic N) is 3. The molecule has 2 aromatic rings. The summed E-state index contributed by atoms with van der Waals surface area (Å²) in [5.41, 5.74) is 0.697. The lowest BCUT2D eigenvalue weighted by atomic mass is 10.3. The van der Waals surface area contributed by atoms with Gasteiger partial charge in [0.2, 0.25) is 5.03 Å². The summed E-state index contributed by atoms with van der Waals surface area (Å²) in [6, 6.07) is 7.16. The molecule has 1 heterocycles. The van der Waals surface area contributed by atoms with Gasteiger partial charge in [0.1, 0.15) is 0 Å². The summed E-state index contributed by atoms with van der Waals surface area (Å²) in [4.78, 5) is 0. The van der Waals surface area contributed by atoms with Gasteiger partial charge in [-0.05, 0) is 24.3 Å². The van der Waals surface area contributed by atoms with Crippen molar-refractivity contribution in [2.45, 2.75) is 5.03 Å². The molecule has 0 aliphatic carbocycles. The first-order chi connectivity index (χ1) is 7.47. The maximum atomic E-state index is 11.0. The highest BCUT2D eigenvalue weighted by molar-refractivity contribution is 9.10. The van der Waals surface area contributed by atoms with Crippen LogP contribution >= 0.6 is 26.6 Å². The first kappa shape index (κ1) is 11.6. The predicted molar refractivity (Wildman–Crippen MR) is 62.1 cm³/mol. The van der Waals surface area contributed by atoms with Crippen molar-refractivity contribution in [1.82, 2.24) is 15.0 Å². The average Bonchev–Trinajstić information content (AvgIpc) is 2.67. The minimum atomic E-state index is -3.83. The molecule has 0 saturated carbocycles. The van der Waals surface area contributed by atoms with Gasteiger partial charge >= 0.3 is 0 Å². The van der Waals surface area contributed by atoms with E-state index in [1.54, 1.807) is 12.1 Å². The van der Waals surface area contributed by atoms with E-state index >= 15 is 0 Å². The fraction of sp³-hybridized carbons (Fsp3) is 0. The van der Waals surface area contributed by atoms with E-state index in [1.165, 1.54) is 10.9 Å². The van der Waals surface area contributed by atoms with Crippen molar-refractivity contribution in [2.75, 3.05) is 0 Å². The van der Waals surface area contributed by atoms with Crippen LogP contribution < -0.4 is 0 Å². The van der Waals surface area contributed by atoms with Gasteiger partial charge in [-0.25, -0.2) is 13.1 Å². The molecular weight excluding hydrogens is 318 g/mol. The maximum Gasteiger partial charge on any atom is 0.282 e. The van der Waals surface area contributed by atoms with Crippen molar-refractivity contribution in [1.29, 1.82) is 0 Å². The summed E-state index contributed by atoms with van der Waals surface area (Å²) in [6.07, 6.45) is 1.26. The molecule has 0 unspecified atom stereocenters. The van der Waals surface area contributed by atoms with Crippen LogP contribution in [-0.4, -0.2) is 23.4 Å². The van der Waals surface area contributed by atoms with E-state index in [-0.39, 0.29) is 5.03 Å². The minimum Gasteiger partial charge on any atom is -0.219 e. The molecule has 8 heteroatoms. The van der Waals surface area contributed by atoms with Crippen molar-refractivity contribution >= 4 is 35.7 Å². The molecule has 0 fully saturated rings. The molecule has 0 aliphatic heterocycles. The van der Waals surface area contributed by atoms with E-state index in [1.807, 2.05) is 12.1 Å². The zero-order valence-corrected chi connectivity index (χ0v) is 10.9. The molecule has 84 valence electrons.